The zero-order valence-corrected chi connectivity index (χ0v) is 16.3. The van der Waals surface area contributed by atoms with E-state index in [1.807, 2.05) is 19.1 Å². The van der Waals surface area contributed by atoms with Crippen molar-refractivity contribution in [1.82, 2.24) is 9.97 Å². The lowest BCUT2D eigenvalue weighted by Gasteiger charge is -2.35. The second kappa shape index (κ2) is 7.18. The monoisotopic (exact) mass is 361 g/mol. The Kier molecular flexibility index (Phi) is 4.73. The first-order valence-corrected chi connectivity index (χ1v) is 9.82. The molecule has 1 N–H and O–H groups in total. The Morgan fingerprint density at radius 1 is 1.07 bits per heavy atom. The van der Waals surface area contributed by atoms with Crippen LogP contribution in [0.4, 0.5) is 5.95 Å². The van der Waals surface area contributed by atoms with Crippen LogP contribution < -0.4 is 10.5 Å². The van der Waals surface area contributed by atoms with E-state index in [4.69, 9.17) is 4.98 Å². The molecule has 1 aliphatic rings. The first-order valence-electron chi connectivity index (χ1n) is 9.82. The fraction of sp³-hybridized carbons (Fsp3) is 0.391. The molecule has 4 heteroatoms. The molecule has 0 bridgehead atoms. The number of aromatic amines is 1. The van der Waals surface area contributed by atoms with Crippen LogP contribution in [0.1, 0.15) is 37.1 Å². The van der Waals surface area contributed by atoms with Crippen molar-refractivity contribution in [3.8, 4) is 0 Å². The summed E-state index contributed by atoms with van der Waals surface area (Å²) >= 11 is 0. The molecule has 1 fully saturated rings. The van der Waals surface area contributed by atoms with Gasteiger partial charge < -0.3 is 4.90 Å². The molecule has 2 atom stereocenters. The molecule has 0 saturated carbocycles. The Labute approximate surface area is 160 Å². The van der Waals surface area contributed by atoms with Gasteiger partial charge >= 0.3 is 0 Å². The smallest absolute Gasteiger partial charge is 0.256 e. The van der Waals surface area contributed by atoms with E-state index in [0.29, 0.717) is 18.3 Å². The number of fused-ring (bicyclic) bond motifs is 1. The summed E-state index contributed by atoms with van der Waals surface area (Å²) in [6.45, 7) is 8.39. The van der Waals surface area contributed by atoms with Crippen LogP contribution in [0.25, 0.3) is 10.8 Å². The lowest BCUT2D eigenvalue weighted by Crippen LogP contribution is -2.40. The van der Waals surface area contributed by atoms with Crippen molar-refractivity contribution in [1.29, 1.82) is 0 Å². The van der Waals surface area contributed by atoms with E-state index in [2.05, 4.69) is 54.1 Å². The van der Waals surface area contributed by atoms with Gasteiger partial charge in [-0.1, -0.05) is 56.3 Å². The zero-order chi connectivity index (χ0) is 19.0. The minimum atomic E-state index is -0.0173. The minimum absolute atomic E-state index is 0.0173. The van der Waals surface area contributed by atoms with E-state index in [0.717, 1.165) is 35.9 Å². The number of nitrogens with one attached hydrogen (secondary N) is 1. The van der Waals surface area contributed by atoms with E-state index in [1.165, 1.54) is 17.2 Å². The number of aromatic nitrogens is 2. The summed E-state index contributed by atoms with van der Waals surface area (Å²) < 4.78 is 0. The van der Waals surface area contributed by atoms with Gasteiger partial charge in [0.1, 0.15) is 0 Å². The highest BCUT2D eigenvalue weighted by atomic mass is 16.1. The van der Waals surface area contributed by atoms with Gasteiger partial charge in [0.05, 0.1) is 5.69 Å². The molecule has 0 spiro atoms. The molecule has 0 amide bonds. The predicted octanol–water partition coefficient (Wildman–Crippen LogP) is 4.30. The number of nitrogens with zero attached hydrogens (tertiary/aromatic N) is 2. The van der Waals surface area contributed by atoms with Crippen molar-refractivity contribution in [2.24, 2.45) is 11.8 Å². The fourth-order valence-electron chi connectivity index (χ4n) is 4.43. The van der Waals surface area contributed by atoms with Crippen LogP contribution in [0, 0.1) is 18.8 Å². The lowest BCUT2D eigenvalue weighted by atomic mass is 9.92. The van der Waals surface area contributed by atoms with Crippen LogP contribution in [-0.2, 0) is 6.42 Å². The summed E-state index contributed by atoms with van der Waals surface area (Å²) in [4.78, 5) is 22.9. The van der Waals surface area contributed by atoms with Crippen LogP contribution in [0.3, 0.4) is 0 Å². The predicted molar refractivity (Wildman–Crippen MR) is 112 cm³/mol. The van der Waals surface area contributed by atoms with Crippen LogP contribution in [0.5, 0.6) is 0 Å². The molecule has 0 radical (unpaired) electrons. The van der Waals surface area contributed by atoms with Gasteiger partial charge in [0.15, 0.2) is 0 Å². The number of anilines is 1. The molecule has 0 unspecified atom stereocenters. The maximum atomic E-state index is 12.9. The maximum Gasteiger partial charge on any atom is 0.256 e. The molecule has 140 valence electrons. The maximum absolute atomic E-state index is 12.9. The normalized spacial score (nSPS) is 20.2. The van der Waals surface area contributed by atoms with Crippen LogP contribution in [0.2, 0.25) is 0 Å². The third kappa shape index (κ3) is 3.61. The van der Waals surface area contributed by atoms with Gasteiger partial charge in [0.25, 0.3) is 5.56 Å². The van der Waals surface area contributed by atoms with Gasteiger partial charge in [0, 0.05) is 25.1 Å². The summed E-state index contributed by atoms with van der Waals surface area (Å²) in [5.74, 6) is 1.96. The minimum Gasteiger partial charge on any atom is -0.342 e. The van der Waals surface area contributed by atoms with E-state index in [-0.39, 0.29) is 5.56 Å². The summed E-state index contributed by atoms with van der Waals surface area (Å²) in [6.07, 6.45) is 1.83. The molecule has 3 aromatic rings. The van der Waals surface area contributed by atoms with E-state index < -0.39 is 0 Å². The number of hydrogen-bond acceptors (Lipinski definition) is 3. The zero-order valence-electron chi connectivity index (χ0n) is 16.3. The largest absolute Gasteiger partial charge is 0.342 e. The third-order valence-electron chi connectivity index (χ3n) is 5.63. The number of hydrogen-bond donors (Lipinski definition) is 1. The van der Waals surface area contributed by atoms with Crippen LogP contribution in [0.15, 0.2) is 47.3 Å². The van der Waals surface area contributed by atoms with Crippen LogP contribution >= 0.6 is 0 Å². The van der Waals surface area contributed by atoms with Gasteiger partial charge in [-0.15, -0.1) is 0 Å². The van der Waals surface area contributed by atoms with Crippen molar-refractivity contribution in [3.05, 3.63) is 69.6 Å². The van der Waals surface area contributed by atoms with Gasteiger partial charge in [-0.2, -0.15) is 0 Å². The van der Waals surface area contributed by atoms with Crippen LogP contribution in [-0.4, -0.2) is 23.1 Å². The number of aryl methyl sites for hydroxylation is 1. The summed E-state index contributed by atoms with van der Waals surface area (Å²) in [7, 11) is 0. The van der Waals surface area contributed by atoms with E-state index >= 15 is 0 Å². The number of benzene rings is 2. The Morgan fingerprint density at radius 3 is 2.52 bits per heavy atom. The first-order chi connectivity index (χ1) is 13.0. The van der Waals surface area contributed by atoms with Crippen molar-refractivity contribution in [2.75, 3.05) is 18.0 Å². The quantitative estimate of drug-likeness (QED) is 0.756. The molecule has 2 aromatic carbocycles. The summed E-state index contributed by atoms with van der Waals surface area (Å²) in [5.41, 5.74) is 2.73. The Hall–Kier alpha value is -2.62. The standard InChI is InChI=1S/C23H27N3O/c1-15-11-16(2)14-26(13-15)23-24-17(3)21(22(27)25-23)12-19-9-6-8-18-7-4-5-10-20(18)19/h4-10,15-16H,11-14H2,1-3H3,(H,24,25,27)/t15-,16+. The molecular formula is C23H27N3O. The molecule has 0 aliphatic carbocycles. The van der Waals surface area contributed by atoms with Gasteiger partial charge in [-0.25, -0.2) is 4.98 Å². The topological polar surface area (TPSA) is 49.0 Å². The van der Waals surface area contributed by atoms with Gasteiger partial charge in [-0.3, -0.25) is 9.78 Å². The number of piperidine rings is 1. The molecule has 1 aromatic heterocycles. The van der Waals surface area contributed by atoms with Crippen molar-refractivity contribution in [3.63, 3.8) is 0 Å². The average Bonchev–Trinajstić information content (AvgIpc) is 2.64. The molecule has 4 nitrogen and oxygen atoms in total. The van der Waals surface area contributed by atoms with Gasteiger partial charge in [-0.05, 0) is 41.5 Å². The first kappa shape index (κ1) is 17.8. The SMILES string of the molecule is Cc1nc(N2C[C@H](C)C[C@H](C)C2)[nH]c(=O)c1Cc1cccc2ccccc12. The lowest BCUT2D eigenvalue weighted by molar-refractivity contribution is 0.353. The highest BCUT2D eigenvalue weighted by molar-refractivity contribution is 5.85. The summed E-state index contributed by atoms with van der Waals surface area (Å²) in [6, 6.07) is 14.6. The Bertz CT molecular complexity index is 1010. The Balaban J connectivity index is 1.67. The summed E-state index contributed by atoms with van der Waals surface area (Å²) in [5, 5.41) is 2.39. The molecule has 4 rings (SSSR count). The molecule has 1 saturated heterocycles. The molecule has 1 aliphatic heterocycles. The average molecular weight is 361 g/mol. The Morgan fingerprint density at radius 2 is 1.78 bits per heavy atom. The van der Waals surface area contributed by atoms with E-state index in [9.17, 15) is 4.79 Å². The van der Waals surface area contributed by atoms with Crippen molar-refractivity contribution in [2.45, 2.75) is 33.6 Å². The highest BCUT2D eigenvalue weighted by Crippen LogP contribution is 2.25. The molecule has 27 heavy (non-hydrogen) atoms. The van der Waals surface area contributed by atoms with E-state index in [1.54, 1.807) is 0 Å². The van der Waals surface area contributed by atoms with Gasteiger partial charge in [0.2, 0.25) is 5.95 Å². The van der Waals surface area contributed by atoms with Crippen molar-refractivity contribution < 1.29 is 0 Å². The number of rotatable bonds is 3. The second-order valence-corrected chi connectivity index (χ2v) is 8.12. The number of H-pyrrole nitrogens is 1. The molecule has 2 heterocycles. The fourth-order valence-corrected chi connectivity index (χ4v) is 4.43. The third-order valence-corrected chi connectivity index (χ3v) is 5.63. The second-order valence-electron chi connectivity index (χ2n) is 8.12. The highest BCUT2D eigenvalue weighted by Gasteiger charge is 2.24. The van der Waals surface area contributed by atoms with Crippen molar-refractivity contribution >= 4 is 16.7 Å². The molecular weight excluding hydrogens is 334 g/mol.